The van der Waals surface area contributed by atoms with Gasteiger partial charge in [-0.05, 0) is 12.8 Å². The van der Waals surface area contributed by atoms with Crippen molar-refractivity contribution in [3.63, 3.8) is 0 Å². The average molecular weight is 255 g/mol. The molecule has 0 atom stereocenters. The topological polar surface area (TPSA) is 91.3 Å². The van der Waals surface area contributed by atoms with E-state index in [1.807, 2.05) is 0 Å². The highest BCUT2D eigenvalue weighted by Gasteiger charge is 2.28. The van der Waals surface area contributed by atoms with Crippen LogP contribution in [0.2, 0.25) is 0 Å². The first-order valence-corrected chi connectivity index (χ1v) is 6.19. The van der Waals surface area contributed by atoms with Crippen LogP contribution in [-0.4, -0.2) is 35.1 Å². The maximum Gasteiger partial charge on any atom is 0.347 e. The van der Waals surface area contributed by atoms with Crippen LogP contribution in [0.3, 0.4) is 0 Å². The minimum Gasteiger partial charge on any atom is -0.477 e. The van der Waals surface area contributed by atoms with Crippen molar-refractivity contribution < 1.29 is 14.7 Å². The SMILES string of the molecule is O=C(O)c1cnc(NCCNC(=O)C2CC2)s1. The van der Waals surface area contributed by atoms with E-state index in [4.69, 9.17) is 5.11 Å². The van der Waals surface area contributed by atoms with E-state index in [9.17, 15) is 9.59 Å². The number of hydrogen-bond acceptors (Lipinski definition) is 5. The van der Waals surface area contributed by atoms with E-state index >= 15 is 0 Å². The fourth-order valence-electron chi connectivity index (χ4n) is 1.30. The summed E-state index contributed by atoms with van der Waals surface area (Å²) >= 11 is 1.08. The van der Waals surface area contributed by atoms with Crippen LogP contribution in [0, 0.1) is 5.92 Å². The van der Waals surface area contributed by atoms with Crippen LogP contribution in [0.1, 0.15) is 22.5 Å². The Balaban J connectivity index is 1.66. The molecule has 1 saturated carbocycles. The lowest BCUT2D eigenvalue weighted by Crippen LogP contribution is -2.29. The lowest BCUT2D eigenvalue weighted by Gasteiger charge is -2.04. The Morgan fingerprint density at radius 2 is 2.24 bits per heavy atom. The van der Waals surface area contributed by atoms with Gasteiger partial charge in [-0.15, -0.1) is 0 Å². The quantitative estimate of drug-likeness (QED) is 0.653. The van der Waals surface area contributed by atoms with Gasteiger partial charge in [0.05, 0.1) is 6.20 Å². The Bertz CT molecular complexity index is 428. The average Bonchev–Trinajstić information content (AvgIpc) is 3.03. The number of amides is 1. The van der Waals surface area contributed by atoms with Crippen LogP contribution in [-0.2, 0) is 4.79 Å². The van der Waals surface area contributed by atoms with E-state index in [0.717, 1.165) is 24.2 Å². The van der Waals surface area contributed by atoms with E-state index in [1.165, 1.54) is 6.20 Å². The van der Waals surface area contributed by atoms with E-state index in [-0.39, 0.29) is 16.7 Å². The number of carbonyl (C=O) groups excluding carboxylic acids is 1. The Morgan fingerprint density at radius 3 is 2.82 bits per heavy atom. The van der Waals surface area contributed by atoms with Crippen molar-refractivity contribution in [1.29, 1.82) is 0 Å². The Morgan fingerprint density at radius 1 is 1.47 bits per heavy atom. The lowest BCUT2D eigenvalue weighted by atomic mass is 10.4. The molecule has 1 fully saturated rings. The molecule has 1 aliphatic rings. The zero-order chi connectivity index (χ0) is 12.3. The molecule has 0 aromatic carbocycles. The van der Waals surface area contributed by atoms with Crippen molar-refractivity contribution in [3.05, 3.63) is 11.1 Å². The largest absolute Gasteiger partial charge is 0.477 e. The number of rotatable bonds is 6. The number of aromatic nitrogens is 1. The fourth-order valence-corrected chi connectivity index (χ4v) is 1.98. The number of carboxylic acid groups (broad SMARTS) is 1. The maximum atomic E-state index is 11.3. The number of hydrogen-bond donors (Lipinski definition) is 3. The van der Waals surface area contributed by atoms with Gasteiger partial charge < -0.3 is 15.7 Å². The maximum absolute atomic E-state index is 11.3. The summed E-state index contributed by atoms with van der Waals surface area (Å²) in [6.45, 7) is 1.07. The molecule has 2 rings (SSSR count). The Kier molecular flexibility index (Phi) is 3.58. The number of nitrogens with one attached hydrogen (secondary N) is 2. The summed E-state index contributed by atoms with van der Waals surface area (Å²) in [5, 5.41) is 15.0. The highest BCUT2D eigenvalue weighted by atomic mass is 32.1. The zero-order valence-corrected chi connectivity index (χ0v) is 9.92. The monoisotopic (exact) mass is 255 g/mol. The van der Waals surface area contributed by atoms with Gasteiger partial charge in [0.2, 0.25) is 5.91 Å². The predicted octanol–water partition coefficient (Wildman–Crippen LogP) is 0.779. The molecule has 0 bridgehead atoms. The molecule has 1 aromatic rings. The van der Waals surface area contributed by atoms with Crippen LogP contribution >= 0.6 is 11.3 Å². The summed E-state index contributed by atoms with van der Waals surface area (Å²) in [5.41, 5.74) is 0. The van der Waals surface area contributed by atoms with Gasteiger partial charge in [0.15, 0.2) is 5.13 Å². The van der Waals surface area contributed by atoms with Crippen molar-refractivity contribution in [2.45, 2.75) is 12.8 Å². The van der Waals surface area contributed by atoms with Crippen LogP contribution in [0.4, 0.5) is 5.13 Å². The summed E-state index contributed by atoms with van der Waals surface area (Å²) < 4.78 is 0. The molecule has 0 radical (unpaired) electrons. The number of aromatic carboxylic acids is 1. The molecule has 7 heteroatoms. The number of thiazole rings is 1. The zero-order valence-electron chi connectivity index (χ0n) is 9.10. The van der Waals surface area contributed by atoms with Crippen molar-refractivity contribution in [3.8, 4) is 0 Å². The third-order valence-electron chi connectivity index (χ3n) is 2.37. The van der Waals surface area contributed by atoms with E-state index < -0.39 is 5.97 Å². The van der Waals surface area contributed by atoms with Gasteiger partial charge in [-0.1, -0.05) is 11.3 Å². The lowest BCUT2D eigenvalue weighted by molar-refractivity contribution is -0.122. The predicted molar refractivity (Wildman–Crippen MR) is 63.3 cm³/mol. The molecular formula is C10H13N3O3S. The Labute approximate surface area is 102 Å². The van der Waals surface area contributed by atoms with E-state index in [1.54, 1.807) is 0 Å². The summed E-state index contributed by atoms with van der Waals surface area (Å²) in [4.78, 5) is 26.0. The first-order chi connectivity index (χ1) is 8.16. The van der Waals surface area contributed by atoms with Crippen molar-refractivity contribution >= 4 is 28.3 Å². The standard InChI is InChI=1S/C10H13N3O3S/c14-8(6-1-2-6)11-3-4-12-10-13-5-7(17-10)9(15)16/h5-6H,1-4H2,(H,11,14)(H,12,13)(H,15,16). The number of anilines is 1. The first kappa shape index (κ1) is 11.8. The molecule has 1 aliphatic carbocycles. The van der Waals surface area contributed by atoms with Gasteiger partial charge >= 0.3 is 5.97 Å². The van der Waals surface area contributed by atoms with Gasteiger partial charge in [-0.25, -0.2) is 9.78 Å². The minimum atomic E-state index is -0.974. The molecule has 6 nitrogen and oxygen atoms in total. The molecule has 0 saturated heterocycles. The van der Waals surface area contributed by atoms with Gasteiger partial charge in [0.1, 0.15) is 4.88 Å². The van der Waals surface area contributed by atoms with E-state index in [0.29, 0.717) is 18.2 Å². The second kappa shape index (κ2) is 5.13. The van der Waals surface area contributed by atoms with Gasteiger partial charge in [0.25, 0.3) is 0 Å². The van der Waals surface area contributed by atoms with Crippen molar-refractivity contribution in [2.24, 2.45) is 5.92 Å². The summed E-state index contributed by atoms with van der Waals surface area (Å²) in [6, 6.07) is 0. The van der Waals surface area contributed by atoms with Gasteiger partial charge in [0, 0.05) is 19.0 Å². The number of carboxylic acids is 1. The smallest absolute Gasteiger partial charge is 0.347 e. The van der Waals surface area contributed by atoms with Crippen molar-refractivity contribution in [1.82, 2.24) is 10.3 Å². The summed E-state index contributed by atoms with van der Waals surface area (Å²) in [5.74, 6) is -0.650. The second-order valence-corrected chi connectivity index (χ2v) is 4.86. The van der Waals surface area contributed by atoms with Crippen LogP contribution in [0.15, 0.2) is 6.20 Å². The molecule has 1 amide bonds. The highest BCUT2D eigenvalue weighted by molar-refractivity contribution is 7.17. The molecule has 1 aromatic heterocycles. The van der Waals surface area contributed by atoms with E-state index in [2.05, 4.69) is 15.6 Å². The Hall–Kier alpha value is -1.63. The summed E-state index contributed by atoms with van der Waals surface area (Å²) in [7, 11) is 0. The van der Waals surface area contributed by atoms with Crippen LogP contribution < -0.4 is 10.6 Å². The normalized spacial score (nSPS) is 14.4. The fraction of sp³-hybridized carbons (Fsp3) is 0.500. The first-order valence-electron chi connectivity index (χ1n) is 5.37. The van der Waals surface area contributed by atoms with Gasteiger partial charge in [-0.2, -0.15) is 0 Å². The third kappa shape index (κ3) is 3.42. The minimum absolute atomic E-state index is 0.108. The molecule has 17 heavy (non-hydrogen) atoms. The molecule has 1 heterocycles. The summed E-state index contributed by atoms with van der Waals surface area (Å²) in [6.07, 6.45) is 3.31. The second-order valence-electron chi connectivity index (χ2n) is 3.83. The molecule has 0 aliphatic heterocycles. The number of nitrogens with zero attached hydrogens (tertiary/aromatic N) is 1. The van der Waals surface area contributed by atoms with Crippen LogP contribution in [0.25, 0.3) is 0 Å². The van der Waals surface area contributed by atoms with Crippen LogP contribution in [0.5, 0.6) is 0 Å². The molecule has 3 N–H and O–H groups in total. The highest BCUT2D eigenvalue weighted by Crippen LogP contribution is 2.28. The molecular weight excluding hydrogens is 242 g/mol. The third-order valence-corrected chi connectivity index (χ3v) is 3.31. The molecule has 92 valence electrons. The molecule has 0 unspecified atom stereocenters. The van der Waals surface area contributed by atoms with Gasteiger partial charge in [-0.3, -0.25) is 4.79 Å². The van der Waals surface area contributed by atoms with Crippen molar-refractivity contribution in [2.75, 3.05) is 18.4 Å². The number of carbonyl (C=O) groups is 2. The molecule has 0 spiro atoms.